The largest absolute Gasteiger partial charge is 0.461 e. The Balaban J connectivity index is 1.89. The van der Waals surface area contributed by atoms with Crippen molar-refractivity contribution in [3.05, 3.63) is 76.6 Å². The van der Waals surface area contributed by atoms with E-state index in [1.807, 2.05) is 42.5 Å². The van der Waals surface area contributed by atoms with Gasteiger partial charge in [0.2, 0.25) is 0 Å². The lowest BCUT2D eigenvalue weighted by atomic mass is 10.1. The molecule has 1 atom stereocenters. The molecule has 126 valence electrons. The minimum Gasteiger partial charge on any atom is -0.461 e. The van der Waals surface area contributed by atoms with Crippen molar-refractivity contribution in [1.29, 1.82) is 0 Å². The number of rotatable bonds is 3. The van der Waals surface area contributed by atoms with Crippen molar-refractivity contribution in [2.24, 2.45) is 0 Å². The molecule has 5 heteroatoms. The van der Waals surface area contributed by atoms with Crippen LogP contribution in [0.15, 0.2) is 60.3 Å². The van der Waals surface area contributed by atoms with Crippen LogP contribution in [0.5, 0.6) is 0 Å². The van der Waals surface area contributed by atoms with Gasteiger partial charge in [0.25, 0.3) is 0 Å². The maximum Gasteiger partial charge on any atom is 0.354 e. The van der Waals surface area contributed by atoms with E-state index in [1.54, 1.807) is 6.92 Å². The minimum atomic E-state index is -0.349. The molecule has 0 fully saturated rings. The van der Waals surface area contributed by atoms with Crippen LogP contribution in [0.4, 0.5) is 0 Å². The number of hydrogen-bond acceptors (Lipinski definition) is 3. The third-order valence-corrected chi connectivity index (χ3v) is 4.55. The number of para-hydroxylation sites is 1. The Morgan fingerprint density at radius 3 is 2.72 bits per heavy atom. The highest BCUT2D eigenvalue weighted by Crippen LogP contribution is 2.32. The number of hydrogen-bond donors (Lipinski definition) is 1. The molecule has 0 bridgehead atoms. The fourth-order valence-corrected chi connectivity index (χ4v) is 3.33. The summed E-state index contributed by atoms with van der Waals surface area (Å²) in [6.45, 7) is 2.14. The summed E-state index contributed by atoms with van der Waals surface area (Å²) in [7, 11) is 0. The molecule has 25 heavy (non-hydrogen) atoms. The standard InChI is InChI=1S/C20H17ClN2O2/c1-2-25-20(24)17-12-16-11-14-5-3-4-6-18(14)23(16)19(22-17)13-7-9-15(21)10-8-13/h3-12,19,22H,2H2,1H3. The summed E-state index contributed by atoms with van der Waals surface area (Å²) in [5, 5.41) is 5.12. The van der Waals surface area contributed by atoms with Gasteiger partial charge in [-0.05, 0) is 42.8 Å². The average Bonchev–Trinajstić information content (AvgIpc) is 3.00. The number of aromatic nitrogens is 1. The maximum atomic E-state index is 12.3. The van der Waals surface area contributed by atoms with Crippen LogP contribution in [0, 0.1) is 0 Å². The van der Waals surface area contributed by atoms with Crippen molar-refractivity contribution in [3.63, 3.8) is 0 Å². The van der Waals surface area contributed by atoms with Crippen LogP contribution in [-0.4, -0.2) is 17.1 Å². The molecule has 1 aliphatic rings. The first-order valence-corrected chi connectivity index (χ1v) is 8.56. The van der Waals surface area contributed by atoms with Gasteiger partial charge in [-0.25, -0.2) is 4.79 Å². The van der Waals surface area contributed by atoms with E-state index in [9.17, 15) is 4.79 Å². The van der Waals surface area contributed by atoms with Crippen molar-refractivity contribution < 1.29 is 9.53 Å². The number of carbonyl (C=O) groups is 1. The summed E-state index contributed by atoms with van der Waals surface area (Å²) in [6, 6.07) is 17.9. The lowest BCUT2D eigenvalue weighted by Crippen LogP contribution is -2.34. The molecular formula is C20H17ClN2O2. The number of fused-ring (bicyclic) bond motifs is 3. The Bertz CT molecular complexity index is 973. The molecule has 1 unspecified atom stereocenters. The molecule has 4 rings (SSSR count). The summed E-state index contributed by atoms with van der Waals surface area (Å²) in [5.74, 6) is -0.349. The first kappa shape index (κ1) is 15.8. The summed E-state index contributed by atoms with van der Waals surface area (Å²) < 4.78 is 7.36. The van der Waals surface area contributed by atoms with Gasteiger partial charge in [0.1, 0.15) is 11.9 Å². The van der Waals surface area contributed by atoms with Gasteiger partial charge in [0.05, 0.1) is 12.1 Å². The molecule has 3 aromatic rings. The predicted octanol–water partition coefficient (Wildman–Crippen LogP) is 4.35. The minimum absolute atomic E-state index is 0.212. The summed E-state index contributed by atoms with van der Waals surface area (Å²) >= 11 is 6.03. The van der Waals surface area contributed by atoms with E-state index in [2.05, 4.69) is 28.1 Å². The van der Waals surface area contributed by atoms with Crippen LogP contribution in [-0.2, 0) is 9.53 Å². The van der Waals surface area contributed by atoms with Gasteiger partial charge in [-0.2, -0.15) is 0 Å². The number of benzene rings is 2. The molecule has 0 radical (unpaired) electrons. The fraction of sp³-hybridized carbons (Fsp3) is 0.150. The Hall–Kier alpha value is -2.72. The second-order valence-electron chi connectivity index (χ2n) is 5.87. The van der Waals surface area contributed by atoms with E-state index in [1.165, 1.54) is 0 Å². The zero-order valence-corrected chi connectivity index (χ0v) is 14.5. The van der Waals surface area contributed by atoms with E-state index in [-0.39, 0.29) is 12.1 Å². The molecular weight excluding hydrogens is 336 g/mol. The smallest absolute Gasteiger partial charge is 0.354 e. The second-order valence-corrected chi connectivity index (χ2v) is 6.31. The van der Waals surface area contributed by atoms with Gasteiger partial charge in [0.15, 0.2) is 0 Å². The van der Waals surface area contributed by atoms with Gasteiger partial charge in [0, 0.05) is 16.1 Å². The predicted molar refractivity (Wildman–Crippen MR) is 99.3 cm³/mol. The summed E-state index contributed by atoms with van der Waals surface area (Å²) in [5.41, 5.74) is 3.53. The Morgan fingerprint density at radius 2 is 1.96 bits per heavy atom. The Morgan fingerprint density at radius 1 is 1.20 bits per heavy atom. The van der Waals surface area contributed by atoms with Crippen LogP contribution >= 0.6 is 11.6 Å². The molecule has 0 saturated heterocycles. The first-order chi connectivity index (χ1) is 12.2. The highest BCUT2D eigenvalue weighted by molar-refractivity contribution is 6.30. The van der Waals surface area contributed by atoms with Gasteiger partial charge in [-0.15, -0.1) is 0 Å². The van der Waals surface area contributed by atoms with E-state index >= 15 is 0 Å². The van der Waals surface area contributed by atoms with Crippen LogP contribution in [0.2, 0.25) is 5.02 Å². The Labute approximate surface area is 150 Å². The second kappa shape index (κ2) is 6.30. The first-order valence-electron chi connectivity index (χ1n) is 8.18. The van der Waals surface area contributed by atoms with E-state index in [0.717, 1.165) is 22.2 Å². The quantitative estimate of drug-likeness (QED) is 0.713. The lowest BCUT2D eigenvalue weighted by Gasteiger charge is -2.29. The number of nitrogens with one attached hydrogen (secondary N) is 1. The molecule has 0 aliphatic carbocycles. The van der Waals surface area contributed by atoms with Gasteiger partial charge < -0.3 is 14.6 Å². The van der Waals surface area contributed by atoms with E-state index in [0.29, 0.717) is 17.3 Å². The number of ether oxygens (including phenoxy) is 1. The third kappa shape index (κ3) is 2.79. The number of carbonyl (C=O) groups excluding carboxylic acids is 1. The van der Waals surface area contributed by atoms with Crippen LogP contribution in [0.1, 0.15) is 24.3 Å². The molecule has 1 aromatic heterocycles. The van der Waals surface area contributed by atoms with Crippen LogP contribution in [0.3, 0.4) is 0 Å². The monoisotopic (exact) mass is 352 g/mol. The van der Waals surface area contributed by atoms with Crippen LogP contribution < -0.4 is 5.32 Å². The number of halogens is 1. The summed E-state index contributed by atoms with van der Waals surface area (Å²) in [4.78, 5) is 12.3. The highest BCUT2D eigenvalue weighted by atomic mass is 35.5. The van der Waals surface area contributed by atoms with Gasteiger partial charge in [-0.3, -0.25) is 0 Å². The zero-order valence-electron chi connectivity index (χ0n) is 13.7. The van der Waals surface area contributed by atoms with E-state index in [4.69, 9.17) is 16.3 Å². The van der Waals surface area contributed by atoms with Crippen molar-refractivity contribution >= 4 is 34.5 Å². The molecule has 2 heterocycles. The third-order valence-electron chi connectivity index (χ3n) is 4.30. The fourth-order valence-electron chi connectivity index (χ4n) is 3.20. The van der Waals surface area contributed by atoms with Gasteiger partial charge in [-0.1, -0.05) is 41.9 Å². The molecule has 0 saturated carbocycles. The van der Waals surface area contributed by atoms with Crippen molar-refractivity contribution in [1.82, 2.24) is 9.88 Å². The topological polar surface area (TPSA) is 43.3 Å². The van der Waals surface area contributed by atoms with Crippen LogP contribution in [0.25, 0.3) is 17.0 Å². The molecule has 1 N–H and O–H groups in total. The zero-order chi connectivity index (χ0) is 17.4. The molecule has 4 nitrogen and oxygen atoms in total. The SMILES string of the molecule is CCOC(=O)C1=Cc2cc3ccccc3n2C(c2ccc(Cl)cc2)N1. The van der Waals surface area contributed by atoms with Crippen molar-refractivity contribution in [2.75, 3.05) is 6.61 Å². The average molecular weight is 353 g/mol. The number of nitrogens with zero attached hydrogens (tertiary/aromatic N) is 1. The molecule has 2 aromatic carbocycles. The van der Waals surface area contributed by atoms with Crippen molar-refractivity contribution in [2.45, 2.75) is 13.1 Å². The highest BCUT2D eigenvalue weighted by Gasteiger charge is 2.27. The molecule has 1 aliphatic heterocycles. The number of esters is 1. The summed E-state index contributed by atoms with van der Waals surface area (Å²) in [6.07, 6.45) is 1.63. The normalized spacial score (nSPS) is 16.1. The maximum absolute atomic E-state index is 12.3. The lowest BCUT2D eigenvalue weighted by molar-refractivity contribution is -0.139. The van der Waals surface area contributed by atoms with Crippen molar-refractivity contribution in [3.8, 4) is 0 Å². The molecule has 0 spiro atoms. The van der Waals surface area contributed by atoms with Gasteiger partial charge >= 0.3 is 5.97 Å². The van der Waals surface area contributed by atoms with E-state index < -0.39 is 0 Å². The molecule has 0 amide bonds. The Kier molecular flexibility index (Phi) is 3.98.